The van der Waals surface area contributed by atoms with Crippen molar-refractivity contribution in [2.45, 2.75) is 24.8 Å². The molecule has 0 spiro atoms. The molecule has 6 heteroatoms. The molecule has 3 rings (SSSR count). The second kappa shape index (κ2) is 8.34. The number of benzene rings is 1. The Morgan fingerprint density at radius 2 is 2.12 bits per heavy atom. The summed E-state index contributed by atoms with van der Waals surface area (Å²) >= 11 is 1.44. The van der Waals surface area contributed by atoms with Crippen LogP contribution in [0.4, 0.5) is 0 Å². The van der Waals surface area contributed by atoms with E-state index in [1.165, 1.54) is 11.8 Å². The largest absolute Gasteiger partial charge is 0.466 e. The maximum atomic E-state index is 12.5. The Labute approximate surface area is 151 Å². The van der Waals surface area contributed by atoms with E-state index in [-0.39, 0.29) is 17.8 Å². The number of nitrogens with zero attached hydrogens (tertiary/aromatic N) is 2. The molecule has 1 aliphatic heterocycles. The number of likely N-dealkylation sites (tertiary alicyclic amines) is 1. The molecule has 2 aromatic rings. The standard InChI is InChI=1S/C19H22N2O3S/c1-2-24-19(23)15-7-5-11-21(12-15)18(22)13-25-17-10-9-14-6-3-4-8-16(14)20-17/h3-4,6,8-10,15H,2,5,7,11-13H2,1H3. The third kappa shape index (κ3) is 4.51. The van der Waals surface area contributed by atoms with Crippen LogP contribution in [0.2, 0.25) is 0 Å². The Balaban J connectivity index is 1.56. The number of para-hydroxylation sites is 1. The number of piperidine rings is 1. The summed E-state index contributed by atoms with van der Waals surface area (Å²) < 4.78 is 5.09. The first-order chi connectivity index (χ1) is 12.2. The van der Waals surface area contributed by atoms with E-state index < -0.39 is 0 Å². The van der Waals surface area contributed by atoms with Crippen LogP contribution in [0.1, 0.15) is 19.8 Å². The average Bonchev–Trinajstić information content (AvgIpc) is 2.66. The van der Waals surface area contributed by atoms with Gasteiger partial charge in [0.15, 0.2) is 0 Å². The van der Waals surface area contributed by atoms with Crippen LogP contribution in [0, 0.1) is 5.92 Å². The summed E-state index contributed by atoms with van der Waals surface area (Å²) in [4.78, 5) is 30.7. The molecule has 25 heavy (non-hydrogen) atoms. The normalized spacial score (nSPS) is 17.5. The molecule has 5 nitrogen and oxygen atoms in total. The van der Waals surface area contributed by atoms with Gasteiger partial charge in [0, 0.05) is 18.5 Å². The van der Waals surface area contributed by atoms with Gasteiger partial charge < -0.3 is 9.64 Å². The van der Waals surface area contributed by atoms with Gasteiger partial charge in [-0.05, 0) is 31.9 Å². The van der Waals surface area contributed by atoms with Crippen molar-refractivity contribution in [3.63, 3.8) is 0 Å². The highest BCUT2D eigenvalue weighted by molar-refractivity contribution is 7.99. The van der Waals surface area contributed by atoms with Gasteiger partial charge in [-0.25, -0.2) is 4.98 Å². The number of carbonyl (C=O) groups excluding carboxylic acids is 2. The number of carbonyl (C=O) groups is 2. The van der Waals surface area contributed by atoms with Crippen LogP contribution < -0.4 is 0 Å². The molecular weight excluding hydrogens is 336 g/mol. The van der Waals surface area contributed by atoms with Gasteiger partial charge in [0.1, 0.15) is 0 Å². The third-order valence-corrected chi connectivity index (χ3v) is 5.22. The molecule has 0 saturated carbocycles. The highest BCUT2D eigenvalue weighted by atomic mass is 32.2. The highest BCUT2D eigenvalue weighted by Crippen LogP contribution is 2.22. The Hall–Kier alpha value is -2.08. The van der Waals surface area contributed by atoms with Crippen LogP contribution in [0.25, 0.3) is 10.9 Å². The maximum absolute atomic E-state index is 12.5. The van der Waals surface area contributed by atoms with Crippen molar-refractivity contribution in [3.8, 4) is 0 Å². The van der Waals surface area contributed by atoms with Gasteiger partial charge in [-0.15, -0.1) is 0 Å². The van der Waals surface area contributed by atoms with E-state index in [1.807, 2.05) is 36.4 Å². The Morgan fingerprint density at radius 3 is 2.96 bits per heavy atom. The van der Waals surface area contributed by atoms with Crippen molar-refractivity contribution in [1.29, 1.82) is 0 Å². The number of ether oxygens (including phenoxy) is 1. The summed E-state index contributed by atoms with van der Waals surface area (Å²) in [6, 6.07) is 11.9. The minimum absolute atomic E-state index is 0.0500. The van der Waals surface area contributed by atoms with Crippen LogP contribution in [-0.4, -0.2) is 47.2 Å². The molecule has 0 N–H and O–H groups in total. The lowest BCUT2D eigenvalue weighted by atomic mass is 9.98. The number of pyridine rings is 1. The number of esters is 1. The van der Waals surface area contributed by atoms with Crippen LogP contribution in [-0.2, 0) is 14.3 Å². The average molecular weight is 358 g/mol. The first-order valence-corrected chi connectivity index (χ1v) is 9.59. The number of hydrogen-bond acceptors (Lipinski definition) is 5. The highest BCUT2D eigenvalue weighted by Gasteiger charge is 2.29. The summed E-state index contributed by atoms with van der Waals surface area (Å²) in [7, 11) is 0. The lowest BCUT2D eigenvalue weighted by Gasteiger charge is -2.31. The monoisotopic (exact) mass is 358 g/mol. The molecular formula is C19H22N2O3S. The van der Waals surface area contributed by atoms with E-state index >= 15 is 0 Å². The van der Waals surface area contributed by atoms with Gasteiger partial charge in [0.05, 0.1) is 28.8 Å². The summed E-state index contributed by atoms with van der Waals surface area (Å²) in [6.07, 6.45) is 1.64. The van der Waals surface area contributed by atoms with Crippen LogP contribution in [0.5, 0.6) is 0 Å². The van der Waals surface area contributed by atoms with E-state index in [0.29, 0.717) is 25.4 Å². The van der Waals surface area contributed by atoms with Crippen molar-refractivity contribution in [1.82, 2.24) is 9.88 Å². The number of fused-ring (bicyclic) bond motifs is 1. The number of amides is 1. The molecule has 0 radical (unpaired) electrons. The fourth-order valence-electron chi connectivity index (χ4n) is 3.01. The molecule has 1 aromatic heterocycles. The lowest BCUT2D eigenvalue weighted by Crippen LogP contribution is -2.43. The topological polar surface area (TPSA) is 59.5 Å². The Kier molecular flexibility index (Phi) is 5.91. The SMILES string of the molecule is CCOC(=O)C1CCCN(C(=O)CSc2ccc3ccccc3n2)C1. The molecule has 132 valence electrons. The minimum Gasteiger partial charge on any atom is -0.466 e. The minimum atomic E-state index is -0.193. The molecule has 1 atom stereocenters. The van der Waals surface area contributed by atoms with E-state index in [9.17, 15) is 9.59 Å². The van der Waals surface area contributed by atoms with Crippen molar-refractivity contribution in [2.24, 2.45) is 5.92 Å². The zero-order chi connectivity index (χ0) is 17.6. The molecule has 1 amide bonds. The van der Waals surface area contributed by atoms with E-state index in [2.05, 4.69) is 4.98 Å². The second-order valence-corrected chi connectivity index (χ2v) is 7.06. The Bertz CT molecular complexity index is 765. The molecule has 1 saturated heterocycles. The van der Waals surface area contributed by atoms with Gasteiger partial charge in [-0.2, -0.15) is 0 Å². The number of thioether (sulfide) groups is 1. The zero-order valence-corrected chi connectivity index (χ0v) is 15.1. The number of aromatic nitrogens is 1. The fraction of sp³-hybridized carbons (Fsp3) is 0.421. The first-order valence-electron chi connectivity index (χ1n) is 8.60. The maximum Gasteiger partial charge on any atom is 0.310 e. The predicted octanol–water partition coefficient (Wildman–Crippen LogP) is 3.13. The number of rotatable bonds is 5. The zero-order valence-electron chi connectivity index (χ0n) is 14.3. The van der Waals surface area contributed by atoms with Crippen LogP contribution in [0.15, 0.2) is 41.4 Å². The third-order valence-electron chi connectivity index (χ3n) is 4.31. The van der Waals surface area contributed by atoms with Gasteiger partial charge in [-0.1, -0.05) is 36.0 Å². The van der Waals surface area contributed by atoms with Crippen molar-refractivity contribution in [2.75, 3.05) is 25.4 Å². The van der Waals surface area contributed by atoms with Crippen molar-refractivity contribution in [3.05, 3.63) is 36.4 Å². The Morgan fingerprint density at radius 1 is 1.28 bits per heavy atom. The summed E-state index contributed by atoms with van der Waals surface area (Å²) in [5.41, 5.74) is 0.931. The molecule has 1 aliphatic rings. The van der Waals surface area contributed by atoms with Crippen LogP contribution >= 0.6 is 11.8 Å². The van der Waals surface area contributed by atoms with Crippen molar-refractivity contribution >= 4 is 34.5 Å². The molecule has 1 unspecified atom stereocenters. The van der Waals surface area contributed by atoms with E-state index in [1.54, 1.807) is 11.8 Å². The quantitative estimate of drug-likeness (QED) is 0.607. The van der Waals surface area contributed by atoms with E-state index in [0.717, 1.165) is 28.8 Å². The van der Waals surface area contributed by atoms with Gasteiger partial charge in [0.25, 0.3) is 0 Å². The summed E-state index contributed by atoms with van der Waals surface area (Å²) in [5.74, 6) is 0.000184. The van der Waals surface area contributed by atoms with Gasteiger partial charge in [0.2, 0.25) is 5.91 Å². The van der Waals surface area contributed by atoms with E-state index in [4.69, 9.17) is 4.74 Å². The first kappa shape index (κ1) is 17.7. The van der Waals surface area contributed by atoms with Gasteiger partial charge in [-0.3, -0.25) is 9.59 Å². The molecule has 1 aromatic carbocycles. The van der Waals surface area contributed by atoms with Crippen LogP contribution in [0.3, 0.4) is 0 Å². The van der Waals surface area contributed by atoms with Crippen molar-refractivity contribution < 1.29 is 14.3 Å². The fourth-order valence-corrected chi connectivity index (χ4v) is 3.79. The molecule has 0 bridgehead atoms. The predicted molar refractivity (Wildman–Crippen MR) is 98.4 cm³/mol. The smallest absolute Gasteiger partial charge is 0.310 e. The number of hydrogen-bond donors (Lipinski definition) is 0. The van der Waals surface area contributed by atoms with Gasteiger partial charge >= 0.3 is 5.97 Å². The molecule has 2 heterocycles. The molecule has 0 aliphatic carbocycles. The summed E-state index contributed by atoms with van der Waals surface area (Å²) in [6.45, 7) is 3.35. The second-order valence-electron chi connectivity index (χ2n) is 6.06. The summed E-state index contributed by atoms with van der Waals surface area (Å²) in [5, 5.41) is 1.93. The molecule has 1 fully saturated rings. The lowest BCUT2D eigenvalue weighted by molar-refractivity contribution is -0.151.